The van der Waals surface area contributed by atoms with E-state index in [4.69, 9.17) is 0 Å². The Morgan fingerprint density at radius 2 is 1.58 bits per heavy atom. The maximum Gasteiger partial charge on any atom is 0.232 e. The van der Waals surface area contributed by atoms with Crippen LogP contribution in [0.4, 0.5) is 11.4 Å². The van der Waals surface area contributed by atoms with Crippen LogP contribution in [0.2, 0.25) is 0 Å². The Morgan fingerprint density at radius 1 is 0.923 bits per heavy atom. The van der Waals surface area contributed by atoms with E-state index < -0.39 is 10.0 Å². The number of sulfonamides is 1. The van der Waals surface area contributed by atoms with Crippen LogP contribution >= 0.6 is 0 Å². The fourth-order valence-corrected chi connectivity index (χ4v) is 4.27. The zero-order valence-electron chi connectivity index (χ0n) is 15.3. The van der Waals surface area contributed by atoms with Crippen molar-refractivity contribution in [3.05, 3.63) is 60.2 Å². The number of anilines is 2. The highest BCUT2D eigenvalue weighted by atomic mass is 32.2. The summed E-state index contributed by atoms with van der Waals surface area (Å²) in [6.07, 6.45) is 1.38. The Bertz CT molecular complexity index is 784. The molecule has 2 aromatic carbocycles. The third kappa shape index (κ3) is 5.47. The summed E-state index contributed by atoms with van der Waals surface area (Å²) in [6.45, 7) is 4.10. The Kier molecular flexibility index (Phi) is 6.16. The second-order valence-electron chi connectivity index (χ2n) is 6.85. The summed E-state index contributed by atoms with van der Waals surface area (Å²) < 4.78 is 27.3. The zero-order chi connectivity index (χ0) is 18.4. The summed E-state index contributed by atoms with van der Waals surface area (Å²) in [7, 11) is -1.19. The van der Waals surface area contributed by atoms with Crippen LogP contribution in [0.15, 0.2) is 54.6 Å². The minimum atomic E-state index is -3.32. The lowest BCUT2D eigenvalue weighted by Crippen LogP contribution is -2.44. The number of aryl methyl sites for hydroxylation is 1. The smallest absolute Gasteiger partial charge is 0.232 e. The number of hydrogen-bond acceptors (Lipinski definition) is 4. The van der Waals surface area contributed by atoms with Gasteiger partial charge in [0.1, 0.15) is 0 Å². The maximum atomic E-state index is 12.3. The van der Waals surface area contributed by atoms with Gasteiger partial charge >= 0.3 is 0 Å². The number of likely N-dealkylation sites (N-methyl/N-ethyl adjacent to an activating group) is 1. The standard InChI is InChI=1S/C20H27N3O2S/c1-22-13-15-23(16-14-22)20-11-9-19(10-12-20)21-26(24,25)17-5-8-18-6-3-2-4-7-18/h2-4,6-7,9-12,21H,5,8,13-17H2,1H3. The van der Waals surface area contributed by atoms with E-state index in [9.17, 15) is 8.42 Å². The van der Waals surface area contributed by atoms with Crippen molar-refractivity contribution in [2.45, 2.75) is 12.8 Å². The van der Waals surface area contributed by atoms with Crippen LogP contribution in [-0.2, 0) is 16.4 Å². The van der Waals surface area contributed by atoms with Crippen LogP contribution in [0.3, 0.4) is 0 Å². The minimum Gasteiger partial charge on any atom is -0.369 e. The van der Waals surface area contributed by atoms with Crippen molar-refractivity contribution in [3.8, 4) is 0 Å². The first-order valence-electron chi connectivity index (χ1n) is 9.10. The van der Waals surface area contributed by atoms with Crippen molar-refractivity contribution >= 4 is 21.4 Å². The van der Waals surface area contributed by atoms with E-state index in [1.165, 1.54) is 5.56 Å². The summed E-state index contributed by atoms with van der Waals surface area (Å²) in [6, 6.07) is 17.7. The molecule has 1 heterocycles. The molecule has 5 nitrogen and oxygen atoms in total. The van der Waals surface area contributed by atoms with Crippen LogP contribution in [0.1, 0.15) is 12.0 Å². The van der Waals surface area contributed by atoms with Crippen LogP contribution in [0.5, 0.6) is 0 Å². The van der Waals surface area contributed by atoms with Gasteiger partial charge in [0.05, 0.1) is 5.75 Å². The SMILES string of the molecule is CN1CCN(c2ccc(NS(=O)(=O)CCCc3ccccc3)cc2)CC1. The summed E-state index contributed by atoms with van der Waals surface area (Å²) in [5, 5.41) is 0. The van der Waals surface area contributed by atoms with Crippen molar-refractivity contribution in [3.63, 3.8) is 0 Å². The highest BCUT2D eigenvalue weighted by Gasteiger charge is 2.15. The van der Waals surface area contributed by atoms with Crippen LogP contribution in [0, 0.1) is 0 Å². The van der Waals surface area contributed by atoms with E-state index in [0.717, 1.165) is 38.3 Å². The van der Waals surface area contributed by atoms with Crippen molar-refractivity contribution in [2.24, 2.45) is 0 Å². The van der Waals surface area contributed by atoms with Gasteiger partial charge in [0.2, 0.25) is 10.0 Å². The molecule has 2 aromatic rings. The number of nitrogens with one attached hydrogen (secondary N) is 1. The van der Waals surface area contributed by atoms with Gasteiger partial charge in [-0.25, -0.2) is 8.42 Å². The number of benzene rings is 2. The van der Waals surface area contributed by atoms with Gasteiger partial charge in [0.15, 0.2) is 0 Å². The average Bonchev–Trinajstić information content (AvgIpc) is 2.63. The second kappa shape index (κ2) is 8.56. The van der Waals surface area contributed by atoms with Gasteiger partial charge in [-0.2, -0.15) is 0 Å². The third-order valence-electron chi connectivity index (χ3n) is 4.73. The number of piperazine rings is 1. The molecule has 0 aromatic heterocycles. The predicted molar refractivity (Wildman–Crippen MR) is 108 cm³/mol. The summed E-state index contributed by atoms with van der Waals surface area (Å²) >= 11 is 0. The lowest BCUT2D eigenvalue weighted by atomic mass is 10.1. The normalized spacial score (nSPS) is 15.8. The third-order valence-corrected chi connectivity index (χ3v) is 6.10. The number of hydrogen-bond donors (Lipinski definition) is 1. The minimum absolute atomic E-state index is 0.127. The van der Waals surface area contributed by atoms with E-state index >= 15 is 0 Å². The molecule has 1 aliphatic heterocycles. The molecule has 1 saturated heterocycles. The molecule has 0 amide bonds. The first kappa shape index (κ1) is 18.7. The van der Waals surface area contributed by atoms with Crippen LogP contribution in [-0.4, -0.2) is 52.3 Å². The summed E-state index contributed by atoms with van der Waals surface area (Å²) in [5.74, 6) is 0.127. The summed E-state index contributed by atoms with van der Waals surface area (Å²) in [5.41, 5.74) is 2.94. The van der Waals surface area contributed by atoms with Crippen molar-refractivity contribution in [2.75, 3.05) is 48.6 Å². The number of rotatable bonds is 7. The maximum absolute atomic E-state index is 12.3. The van der Waals surface area contributed by atoms with E-state index in [1.807, 2.05) is 54.6 Å². The first-order valence-corrected chi connectivity index (χ1v) is 10.7. The Labute approximate surface area is 156 Å². The largest absolute Gasteiger partial charge is 0.369 e. The molecule has 0 atom stereocenters. The van der Waals surface area contributed by atoms with Gasteiger partial charge in [-0.05, 0) is 49.7 Å². The molecule has 3 rings (SSSR count). The molecular weight excluding hydrogens is 346 g/mol. The molecule has 1 N–H and O–H groups in total. The Morgan fingerprint density at radius 3 is 2.23 bits per heavy atom. The topological polar surface area (TPSA) is 52.6 Å². The summed E-state index contributed by atoms with van der Waals surface area (Å²) in [4.78, 5) is 4.65. The monoisotopic (exact) mass is 373 g/mol. The molecule has 0 aliphatic carbocycles. The molecule has 0 unspecified atom stereocenters. The van der Waals surface area contributed by atoms with Crippen molar-refractivity contribution < 1.29 is 8.42 Å². The molecule has 26 heavy (non-hydrogen) atoms. The highest BCUT2D eigenvalue weighted by molar-refractivity contribution is 7.92. The molecule has 6 heteroatoms. The van der Waals surface area contributed by atoms with E-state index in [1.54, 1.807) is 0 Å². The predicted octanol–water partition coefficient (Wildman–Crippen LogP) is 2.81. The quantitative estimate of drug-likeness (QED) is 0.811. The van der Waals surface area contributed by atoms with Crippen molar-refractivity contribution in [1.82, 2.24) is 4.90 Å². The van der Waals surface area contributed by atoms with Gasteiger partial charge in [-0.3, -0.25) is 4.72 Å². The van der Waals surface area contributed by atoms with E-state index in [2.05, 4.69) is 21.6 Å². The molecule has 0 spiro atoms. The zero-order valence-corrected chi connectivity index (χ0v) is 16.1. The van der Waals surface area contributed by atoms with Gasteiger partial charge < -0.3 is 9.80 Å². The molecule has 140 valence electrons. The molecule has 1 fully saturated rings. The Hall–Kier alpha value is -2.05. The highest BCUT2D eigenvalue weighted by Crippen LogP contribution is 2.20. The molecule has 0 bridgehead atoms. The molecule has 1 aliphatic rings. The average molecular weight is 374 g/mol. The number of nitrogens with zero attached hydrogens (tertiary/aromatic N) is 2. The lowest BCUT2D eigenvalue weighted by molar-refractivity contribution is 0.313. The van der Waals surface area contributed by atoms with Gasteiger partial charge in [0.25, 0.3) is 0 Å². The fourth-order valence-electron chi connectivity index (χ4n) is 3.15. The molecule has 0 radical (unpaired) electrons. The first-order chi connectivity index (χ1) is 12.5. The Balaban J connectivity index is 1.51. The van der Waals surface area contributed by atoms with Gasteiger partial charge in [-0.1, -0.05) is 30.3 Å². The molecular formula is C20H27N3O2S. The van der Waals surface area contributed by atoms with Gasteiger partial charge in [0, 0.05) is 37.6 Å². The van der Waals surface area contributed by atoms with Crippen LogP contribution < -0.4 is 9.62 Å². The van der Waals surface area contributed by atoms with Gasteiger partial charge in [-0.15, -0.1) is 0 Å². The van der Waals surface area contributed by atoms with Crippen LogP contribution in [0.25, 0.3) is 0 Å². The fraction of sp³-hybridized carbons (Fsp3) is 0.400. The van der Waals surface area contributed by atoms with Crippen molar-refractivity contribution in [1.29, 1.82) is 0 Å². The molecule has 0 saturated carbocycles. The second-order valence-corrected chi connectivity index (χ2v) is 8.69. The van der Waals surface area contributed by atoms with E-state index in [-0.39, 0.29) is 5.75 Å². The van der Waals surface area contributed by atoms with E-state index in [0.29, 0.717) is 12.1 Å². The lowest BCUT2D eigenvalue weighted by Gasteiger charge is -2.34.